The van der Waals surface area contributed by atoms with Gasteiger partial charge in [-0.15, -0.1) is 0 Å². The smallest absolute Gasteiger partial charge is 0.229 e. The van der Waals surface area contributed by atoms with Gasteiger partial charge < -0.3 is 45.4 Å². The number of nitrogens with zero attached hydrogens (tertiary/aromatic N) is 3. The maximum absolute atomic E-state index is 5.57. The van der Waals surface area contributed by atoms with Crippen LogP contribution in [0.1, 0.15) is 11.1 Å². The molecule has 0 fully saturated rings. The van der Waals surface area contributed by atoms with E-state index < -0.39 is 0 Å². The number of anilines is 3. The predicted octanol–water partition coefficient (Wildman–Crippen LogP) is 2.53. The third kappa shape index (κ3) is 9.54. The Balaban J connectivity index is 1.64. The second-order valence-electron chi connectivity index (χ2n) is 7.99. The van der Waals surface area contributed by atoms with Crippen LogP contribution in [0.3, 0.4) is 0 Å². The zero-order valence-corrected chi connectivity index (χ0v) is 22.2. The average Bonchev–Trinajstić information content (AvgIpc) is 2.96. The topological polar surface area (TPSA) is 147 Å². The minimum atomic E-state index is 0.418. The fraction of sp³-hybridized carbons (Fsp3) is 0.423. The first-order valence-electron chi connectivity index (χ1n) is 12.3. The number of hydrogen-bond donors (Lipinski definition) is 4. The summed E-state index contributed by atoms with van der Waals surface area (Å²) in [6.07, 6.45) is 0. The minimum absolute atomic E-state index is 0.418. The van der Waals surface area contributed by atoms with Gasteiger partial charge in [0.1, 0.15) is 5.75 Å². The third-order valence-corrected chi connectivity index (χ3v) is 5.28. The van der Waals surface area contributed by atoms with Gasteiger partial charge >= 0.3 is 0 Å². The highest BCUT2D eigenvalue weighted by molar-refractivity contribution is 5.46. The van der Waals surface area contributed by atoms with E-state index in [1.54, 1.807) is 21.3 Å². The first kappa shape index (κ1) is 28.7. The van der Waals surface area contributed by atoms with Gasteiger partial charge in [-0.3, -0.25) is 0 Å². The lowest BCUT2D eigenvalue weighted by atomic mass is 10.2. The van der Waals surface area contributed by atoms with E-state index in [1.165, 1.54) is 0 Å². The third-order valence-electron chi connectivity index (χ3n) is 5.28. The van der Waals surface area contributed by atoms with Crippen LogP contribution < -0.4 is 35.9 Å². The number of ether oxygens (including phenoxy) is 5. The van der Waals surface area contributed by atoms with Crippen LogP contribution in [-0.2, 0) is 22.6 Å². The largest absolute Gasteiger partial charge is 0.497 e. The SMILES string of the molecule is COc1cccc(CNc2nc(NCCOCCOCCN)nc(NCc3ccc(OC)c(OC)c3)n2)c1. The van der Waals surface area contributed by atoms with E-state index in [9.17, 15) is 0 Å². The van der Waals surface area contributed by atoms with E-state index >= 15 is 0 Å². The molecule has 0 saturated heterocycles. The van der Waals surface area contributed by atoms with E-state index in [-0.39, 0.29) is 0 Å². The molecule has 0 unspecified atom stereocenters. The first-order valence-corrected chi connectivity index (χ1v) is 12.3. The minimum Gasteiger partial charge on any atom is -0.497 e. The maximum Gasteiger partial charge on any atom is 0.229 e. The van der Waals surface area contributed by atoms with Gasteiger partial charge in [-0.1, -0.05) is 18.2 Å². The van der Waals surface area contributed by atoms with E-state index in [0.29, 0.717) is 82.0 Å². The lowest BCUT2D eigenvalue weighted by Gasteiger charge is -2.13. The van der Waals surface area contributed by atoms with Crippen LogP contribution >= 0.6 is 0 Å². The second kappa shape index (κ2) is 16.1. The molecule has 5 N–H and O–H groups in total. The van der Waals surface area contributed by atoms with Crippen LogP contribution in [0.5, 0.6) is 17.2 Å². The number of aromatic nitrogens is 3. The lowest BCUT2D eigenvalue weighted by molar-refractivity contribution is 0.0547. The summed E-state index contributed by atoms with van der Waals surface area (Å²) < 4.78 is 26.9. The Morgan fingerprint density at radius 2 is 1.29 bits per heavy atom. The summed E-state index contributed by atoms with van der Waals surface area (Å²) in [5.74, 6) is 3.37. The zero-order valence-electron chi connectivity index (χ0n) is 22.2. The highest BCUT2D eigenvalue weighted by Gasteiger charge is 2.09. The Morgan fingerprint density at radius 3 is 1.92 bits per heavy atom. The molecule has 0 aliphatic heterocycles. The highest BCUT2D eigenvalue weighted by atomic mass is 16.5. The summed E-state index contributed by atoms with van der Waals surface area (Å²) in [5.41, 5.74) is 7.42. The van der Waals surface area contributed by atoms with Crippen molar-refractivity contribution in [3.63, 3.8) is 0 Å². The molecule has 0 spiro atoms. The van der Waals surface area contributed by atoms with Gasteiger partial charge in [0.2, 0.25) is 17.8 Å². The Morgan fingerprint density at radius 1 is 0.658 bits per heavy atom. The van der Waals surface area contributed by atoms with Gasteiger partial charge in [0.25, 0.3) is 0 Å². The van der Waals surface area contributed by atoms with E-state index in [1.807, 2.05) is 42.5 Å². The molecule has 0 radical (unpaired) electrons. The molecule has 0 amide bonds. The summed E-state index contributed by atoms with van der Waals surface area (Å²) >= 11 is 0. The normalized spacial score (nSPS) is 10.6. The number of methoxy groups -OCH3 is 3. The molecule has 206 valence electrons. The van der Waals surface area contributed by atoms with Crippen molar-refractivity contribution in [2.24, 2.45) is 5.73 Å². The summed E-state index contributed by atoms with van der Waals surface area (Å²) in [6, 6.07) is 13.5. The summed E-state index contributed by atoms with van der Waals surface area (Å²) in [7, 11) is 4.86. The molecule has 1 heterocycles. The van der Waals surface area contributed by atoms with Gasteiger partial charge in [-0.2, -0.15) is 15.0 Å². The molecule has 0 aliphatic carbocycles. The van der Waals surface area contributed by atoms with Crippen LogP contribution in [0.25, 0.3) is 0 Å². The predicted molar refractivity (Wildman–Crippen MR) is 146 cm³/mol. The van der Waals surface area contributed by atoms with Crippen molar-refractivity contribution >= 4 is 17.8 Å². The fourth-order valence-corrected chi connectivity index (χ4v) is 3.39. The Labute approximate surface area is 223 Å². The molecule has 3 rings (SSSR count). The van der Waals surface area contributed by atoms with Gasteiger partial charge in [-0.05, 0) is 35.4 Å². The van der Waals surface area contributed by atoms with Crippen molar-refractivity contribution in [1.82, 2.24) is 15.0 Å². The molecule has 1 aromatic heterocycles. The van der Waals surface area contributed by atoms with Crippen molar-refractivity contribution in [3.8, 4) is 17.2 Å². The molecule has 2 aromatic carbocycles. The number of rotatable bonds is 18. The molecule has 3 aromatic rings. The van der Waals surface area contributed by atoms with Crippen molar-refractivity contribution < 1.29 is 23.7 Å². The molecule has 38 heavy (non-hydrogen) atoms. The van der Waals surface area contributed by atoms with Gasteiger partial charge in [0.15, 0.2) is 11.5 Å². The van der Waals surface area contributed by atoms with Gasteiger partial charge in [-0.25, -0.2) is 0 Å². The Kier molecular flexibility index (Phi) is 12.1. The zero-order chi connectivity index (χ0) is 27.0. The summed E-state index contributed by atoms with van der Waals surface area (Å²) in [5, 5.41) is 9.71. The molecule has 12 heteroatoms. The van der Waals surface area contributed by atoms with Crippen molar-refractivity contribution in [1.29, 1.82) is 0 Å². The summed E-state index contributed by atoms with van der Waals surface area (Å²) in [6.45, 7) is 4.00. The van der Waals surface area contributed by atoms with Crippen LogP contribution in [0.4, 0.5) is 17.8 Å². The standard InChI is InChI=1S/C26H37N7O5/c1-34-21-6-4-5-19(15-21)17-29-25-31-24(28-10-12-38-14-13-37-11-9-27)32-26(33-25)30-18-20-7-8-22(35-2)23(16-20)36-3/h4-8,15-16H,9-14,17-18,27H2,1-3H3,(H3,28,29,30,31,32,33). The monoisotopic (exact) mass is 527 g/mol. The maximum atomic E-state index is 5.57. The molecular formula is C26H37N7O5. The van der Waals surface area contributed by atoms with Crippen LogP contribution in [-0.4, -0.2) is 75.8 Å². The Hall–Kier alpha value is -3.87. The number of nitrogens with one attached hydrogen (secondary N) is 3. The van der Waals surface area contributed by atoms with E-state index in [4.69, 9.17) is 29.4 Å². The van der Waals surface area contributed by atoms with Crippen molar-refractivity contribution in [2.45, 2.75) is 13.1 Å². The lowest BCUT2D eigenvalue weighted by Crippen LogP contribution is -2.17. The van der Waals surface area contributed by atoms with Crippen molar-refractivity contribution in [2.75, 3.05) is 76.8 Å². The Bertz CT molecular complexity index is 1120. The van der Waals surface area contributed by atoms with Gasteiger partial charge in [0, 0.05) is 26.2 Å². The average molecular weight is 528 g/mol. The molecule has 0 aliphatic rings. The van der Waals surface area contributed by atoms with E-state index in [0.717, 1.165) is 16.9 Å². The molecule has 12 nitrogen and oxygen atoms in total. The number of benzene rings is 2. The molecular weight excluding hydrogens is 490 g/mol. The molecule has 0 saturated carbocycles. The molecule has 0 bridgehead atoms. The molecule has 0 atom stereocenters. The fourth-order valence-electron chi connectivity index (χ4n) is 3.39. The highest BCUT2D eigenvalue weighted by Crippen LogP contribution is 2.27. The van der Waals surface area contributed by atoms with Gasteiger partial charge in [0.05, 0.1) is 47.8 Å². The first-order chi connectivity index (χ1) is 18.6. The number of hydrogen-bond acceptors (Lipinski definition) is 12. The van der Waals surface area contributed by atoms with E-state index in [2.05, 4.69) is 30.9 Å². The summed E-state index contributed by atoms with van der Waals surface area (Å²) in [4.78, 5) is 13.6. The van der Waals surface area contributed by atoms with Crippen molar-refractivity contribution in [3.05, 3.63) is 53.6 Å². The van der Waals surface area contributed by atoms with Crippen LogP contribution in [0.2, 0.25) is 0 Å². The van der Waals surface area contributed by atoms with Crippen LogP contribution in [0.15, 0.2) is 42.5 Å². The second-order valence-corrected chi connectivity index (χ2v) is 7.99. The number of nitrogens with two attached hydrogens (primary N) is 1. The van der Waals surface area contributed by atoms with Crippen LogP contribution in [0, 0.1) is 0 Å². The quantitative estimate of drug-likeness (QED) is 0.180.